The molecule has 8 heteroatoms. The molecule has 0 aliphatic carbocycles. The second-order valence-corrected chi connectivity index (χ2v) is 4.40. The number of carbonyl (C=O) groups is 1. The molecule has 0 spiro atoms. The molecule has 1 aliphatic heterocycles. The van der Waals surface area contributed by atoms with E-state index in [2.05, 4.69) is 20.6 Å². The van der Waals surface area contributed by atoms with Gasteiger partial charge < -0.3 is 15.7 Å². The first-order chi connectivity index (χ1) is 8.08. The Morgan fingerprint density at radius 3 is 2.94 bits per heavy atom. The molecule has 92 valence electrons. The fourth-order valence-electron chi connectivity index (χ4n) is 1.56. The molecule has 0 bridgehead atoms. The molecule has 1 aromatic rings. The summed E-state index contributed by atoms with van der Waals surface area (Å²) in [7, 11) is 0. The highest BCUT2D eigenvalue weighted by atomic mass is 35.5. The molecule has 2 rings (SSSR count). The molecule has 0 aromatic carbocycles. The van der Waals surface area contributed by atoms with Gasteiger partial charge in [0.05, 0.1) is 12.1 Å². The van der Waals surface area contributed by atoms with Crippen LogP contribution in [0.1, 0.15) is 6.42 Å². The van der Waals surface area contributed by atoms with Crippen molar-refractivity contribution in [1.82, 2.24) is 15.3 Å². The molecule has 6 nitrogen and oxygen atoms in total. The zero-order valence-corrected chi connectivity index (χ0v) is 10.2. The predicted octanol–water partition coefficient (Wildman–Crippen LogP) is 0.445. The number of amides is 1. The number of halogens is 2. The lowest BCUT2D eigenvalue weighted by atomic mass is 10.2. The SMILES string of the molecule is O=C(Nc1ncnc(Cl)c1Cl)C1CC(O)CN1. The molecule has 3 N–H and O–H groups in total. The van der Waals surface area contributed by atoms with E-state index in [1.807, 2.05) is 0 Å². The third-order valence-electron chi connectivity index (χ3n) is 2.41. The number of aromatic nitrogens is 2. The molecule has 17 heavy (non-hydrogen) atoms. The van der Waals surface area contributed by atoms with Gasteiger partial charge in [-0.1, -0.05) is 23.2 Å². The summed E-state index contributed by atoms with van der Waals surface area (Å²) < 4.78 is 0. The average Bonchev–Trinajstić information content (AvgIpc) is 2.72. The van der Waals surface area contributed by atoms with E-state index in [-0.39, 0.29) is 21.9 Å². The van der Waals surface area contributed by atoms with Crippen molar-refractivity contribution in [2.75, 3.05) is 11.9 Å². The first-order valence-electron chi connectivity index (χ1n) is 4.96. The normalized spacial score (nSPS) is 23.7. The van der Waals surface area contributed by atoms with Gasteiger partial charge in [0.15, 0.2) is 11.0 Å². The van der Waals surface area contributed by atoms with Crippen molar-refractivity contribution in [3.8, 4) is 0 Å². The van der Waals surface area contributed by atoms with Gasteiger partial charge in [-0.05, 0) is 6.42 Å². The van der Waals surface area contributed by atoms with Gasteiger partial charge in [0.2, 0.25) is 5.91 Å². The number of hydrogen-bond acceptors (Lipinski definition) is 5. The first kappa shape index (κ1) is 12.5. The lowest BCUT2D eigenvalue weighted by Crippen LogP contribution is -2.35. The van der Waals surface area contributed by atoms with E-state index >= 15 is 0 Å². The highest BCUT2D eigenvalue weighted by Gasteiger charge is 2.28. The Balaban J connectivity index is 2.06. The Bertz CT molecular complexity index is 443. The average molecular weight is 277 g/mol. The summed E-state index contributed by atoms with van der Waals surface area (Å²) >= 11 is 11.5. The summed E-state index contributed by atoms with van der Waals surface area (Å²) in [5.41, 5.74) is 0. The molecular formula is C9H10Cl2N4O2. The Kier molecular flexibility index (Phi) is 3.78. The van der Waals surface area contributed by atoms with Crippen LogP contribution < -0.4 is 10.6 Å². The van der Waals surface area contributed by atoms with Crippen molar-refractivity contribution >= 4 is 34.9 Å². The molecule has 2 heterocycles. The van der Waals surface area contributed by atoms with E-state index in [1.54, 1.807) is 0 Å². The topological polar surface area (TPSA) is 87.1 Å². The third kappa shape index (κ3) is 2.84. The number of anilines is 1. The maximum Gasteiger partial charge on any atom is 0.242 e. The highest BCUT2D eigenvalue weighted by Crippen LogP contribution is 2.25. The number of nitrogens with one attached hydrogen (secondary N) is 2. The van der Waals surface area contributed by atoms with Crippen molar-refractivity contribution < 1.29 is 9.90 Å². The van der Waals surface area contributed by atoms with Gasteiger partial charge >= 0.3 is 0 Å². The van der Waals surface area contributed by atoms with Crippen LogP contribution in [-0.4, -0.2) is 39.7 Å². The summed E-state index contributed by atoms with van der Waals surface area (Å²) in [6.45, 7) is 0.399. The van der Waals surface area contributed by atoms with E-state index in [0.717, 1.165) is 0 Å². The van der Waals surface area contributed by atoms with Crippen LogP contribution in [0.4, 0.5) is 5.82 Å². The standard InChI is InChI=1S/C9H10Cl2N4O2/c10-6-7(11)13-3-14-8(6)15-9(17)5-1-4(16)2-12-5/h3-5,12,16H,1-2H2,(H,13,14,15,17). The Hall–Kier alpha value is -0.950. The Labute approximate surface area is 107 Å². The molecule has 1 aromatic heterocycles. The van der Waals surface area contributed by atoms with Crippen LogP contribution in [0.2, 0.25) is 10.2 Å². The Morgan fingerprint density at radius 1 is 1.53 bits per heavy atom. The fourth-order valence-corrected chi connectivity index (χ4v) is 1.83. The number of aliphatic hydroxyl groups is 1. The largest absolute Gasteiger partial charge is 0.392 e. The second-order valence-electron chi connectivity index (χ2n) is 3.67. The van der Waals surface area contributed by atoms with Gasteiger partial charge in [0, 0.05) is 6.54 Å². The van der Waals surface area contributed by atoms with E-state index in [1.165, 1.54) is 6.33 Å². The van der Waals surface area contributed by atoms with Crippen molar-refractivity contribution in [3.05, 3.63) is 16.5 Å². The molecule has 1 aliphatic rings. The summed E-state index contributed by atoms with van der Waals surface area (Å²) in [4.78, 5) is 19.3. The van der Waals surface area contributed by atoms with Gasteiger partial charge in [0.25, 0.3) is 0 Å². The zero-order chi connectivity index (χ0) is 12.4. The van der Waals surface area contributed by atoms with E-state index in [0.29, 0.717) is 13.0 Å². The fraction of sp³-hybridized carbons (Fsp3) is 0.444. The van der Waals surface area contributed by atoms with Crippen molar-refractivity contribution in [2.24, 2.45) is 0 Å². The number of β-amino-alcohol motifs (C(OH)–C–C–N with tert-alkyl or cyclic N) is 1. The Morgan fingerprint density at radius 2 is 2.29 bits per heavy atom. The summed E-state index contributed by atoms with van der Waals surface area (Å²) in [6.07, 6.45) is 1.07. The lowest BCUT2D eigenvalue weighted by Gasteiger charge is -2.11. The summed E-state index contributed by atoms with van der Waals surface area (Å²) in [5.74, 6) is -0.141. The lowest BCUT2D eigenvalue weighted by molar-refractivity contribution is -0.118. The summed E-state index contributed by atoms with van der Waals surface area (Å²) in [5, 5.41) is 14.9. The third-order valence-corrected chi connectivity index (χ3v) is 3.15. The molecule has 2 unspecified atom stereocenters. The number of hydrogen-bond donors (Lipinski definition) is 3. The number of nitrogens with zero attached hydrogens (tertiary/aromatic N) is 2. The maximum absolute atomic E-state index is 11.8. The highest BCUT2D eigenvalue weighted by molar-refractivity contribution is 6.42. The molecule has 1 saturated heterocycles. The monoisotopic (exact) mass is 276 g/mol. The minimum Gasteiger partial charge on any atom is -0.392 e. The van der Waals surface area contributed by atoms with Crippen molar-refractivity contribution in [3.63, 3.8) is 0 Å². The second kappa shape index (κ2) is 5.14. The number of rotatable bonds is 2. The van der Waals surface area contributed by atoms with Crippen LogP contribution in [-0.2, 0) is 4.79 Å². The van der Waals surface area contributed by atoms with Crippen molar-refractivity contribution in [2.45, 2.75) is 18.6 Å². The first-order valence-corrected chi connectivity index (χ1v) is 5.72. The predicted molar refractivity (Wildman–Crippen MR) is 63.1 cm³/mol. The maximum atomic E-state index is 11.8. The van der Waals surface area contributed by atoms with Crippen LogP contribution in [0.5, 0.6) is 0 Å². The van der Waals surface area contributed by atoms with E-state index in [4.69, 9.17) is 23.2 Å². The molecule has 2 atom stereocenters. The molecule has 1 fully saturated rings. The van der Waals surface area contributed by atoms with Crippen molar-refractivity contribution in [1.29, 1.82) is 0 Å². The number of aliphatic hydroxyl groups excluding tert-OH is 1. The van der Waals surface area contributed by atoms with E-state index in [9.17, 15) is 9.90 Å². The molecular weight excluding hydrogens is 267 g/mol. The van der Waals surface area contributed by atoms with Gasteiger partial charge in [-0.25, -0.2) is 9.97 Å². The number of carbonyl (C=O) groups excluding carboxylic acids is 1. The molecule has 1 amide bonds. The van der Waals surface area contributed by atoms with Gasteiger partial charge in [-0.2, -0.15) is 0 Å². The van der Waals surface area contributed by atoms with Crippen LogP contribution in [0.25, 0.3) is 0 Å². The minimum absolute atomic E-state index is 0.0800. The van der Waals surface area contributed by atoms with Gasteiger partial charge in [0.1, 0.15) is 11.3 Å². The van der Waals surface area contributed by atoms with Crippen LogP contribution in [0, 0.1) is 0 Å². The minimum atomic E-state index is -0.504. The van der Waals surface area contributed by atoms with Gasteiger partial charge in [-0.15, -0.1) is 0 Å². The quantitative estimate of drug-likeness (QED) is 0.683. The zero-order valence-electron chi connectivity index (χ0n) is 8.65. The molecule has 0 saturated carbocycles. The van der Waals surface area contributed by atoms with Crippen LogP contribution in [0.3, 0.4) is 0 Å². The van der Waals surface area contributed by atoms with Crippen LogP contribution in [0.15, 0.2) is 6.33 Å². The smallest absolute Gasteiger partial charge is 0.242 e. The van der Waals surface area contributed by atoms with Crippen LogP contribution >= 0.6 is 23.2 Å². The summed E-state index contributed by atoms with van der Waals surface area (Å²) in [6, 6.07) is -0.449. The van der Waals surface area contributed by atoms with Gasteiger partial charge in [-0.3, -0.25) is 4.79 Å². The van der Waals surface area contributed by atoms with E-state index < -0.39 is 12.1 Å². The molecule has 0 radical (unpaired) electrons.